The topological polar surface area (TPSA) is 43.1 Å². The zero-order chi connectivity index (χ0) is 27.2. The molecule has 0 N–H and O–H groups in total. The molecule has 0 saturated heterocycles. The van der Waals surface area contributed by atoms with Crippen molar-refractivity contribution in [1.82, 2.24) is 19.4 Å². The molecule has 41 heavy (non-hydrogen) atoms. The van der Waals surface area contributed by atoms with Gasteiger partial charge in [0.25, 0.3) is 0 Å². The summed E-state index contributed by atoms with van der Waals surface area (Å²) in [6.45, 7) is 0. The number of nitrogens with zero attached hydrogens (tertiary/aromatic N) is 4. The van der Waals surface area contributed by atoms with E-state index >= 15 is 0 Å². The molecule has 192 valence electrons. The molecule has 0 radical (unpaired) electrons. The Morgan fingerprint density at radius 2 is 1.00 bits per heavy atom. The van der Waals surface area contributed by atoms with Crippen LogP contribution in [0.2, 0.25) is 0 Å². The van der Waals surface area contributed by atoms with Crippen molar-refractivity contribution >= 4 is 27.6 Å². The third kappa shape index (κ3) is 4.05. The number of hydrogen-bond acceptors (Lipinski definition) is 3. The van der Waals surface area contributed by atoms with Crippen LogP contribution in [0.3, 0.4) is 0 Å². The zero-order valence-corrected chi connectivity index (χ0v) is 22.1. The predicted octanol–water partition coefficient (Wildman–Crippen LogP) is 9.10. The summed E-state index contributed by atoms with van der Waals surface area (Å²) in [5, 5.41) is 2.20. The number of imidazole rings is 1. The van der Waals surface area contributed by atoms with Crippen LogP contribution in [-0.2, 0) is 0 Å². The molecule has 0 amide bonds. The van der Waals surface area contributed by atoms with E-state index in [9.17, 15) is 0 Å². The Morgan fingerprint density at radius 1 is 0.415 bits per heavy atom. The van der Waals surface area contributed by atoms with Crippen molar-refractivity contribution < 1.29 is 0 Å². The molecule has 0 atom stereocenters. The van der Waals surface area contributed by atoms with Gasteiger partial charge in [-0.3, -0.25) is 4.40 Å². The Balaban J connectivity index is 1.27. The van der Waals surface area contributed by atoms with E-state index in [4.69, 9.17) is 15.0 Å². The van der Waals surface area contributed by atoms with Crippen molar-refractivity contribution in [1.29, 1.82) is 0 Å². The Hall–Kier alpha value is -5.61. The summed E-state index contributed by atoms with van der Waals surface area (Å²) in [5.74, 6) is 0. The first-order chi connectivity index (χ1) is 20.3. The molecule has 4 heterocycles. The average Bonchev–Trinajstić information content (AvgIpc) is 3.44. The Bertz CT molecular complexity index is 2120. The van der Waals surface area contributed by atoms with Crippen LogP contribution in [0.25, 0.3) is 72.5 Å². The molecule has 4 nitrogen and oxygen atoms in total. The monoisotopic (exact) mass is 524 g/mol. The molecule has 4 aromatic heterocycles. The van der Waals surface area contributed by atoms with Gasteiger partial charge in [0.1, 0.15) is 11.2 Å². The molecule has 0 spiro atoms. The van der Waals surface area contributed by atoms with Gasteiger partial charge >= 0.3 is 0 Å². The lowest BCUT2D eigenvalue weighted by Gasteiger charge is -2.12. The van der Waals surface area contributed by atoms with Gasteiger partial charge in [-0.05, 0) is 35.4 Å². The summed E-state index contributed by atoms with van der Waals surface area (Å²) >= 11 is 0. The molecule has 4 heteroatoms. The molecule has 0 fully saturated rings. The number of pyridine rings is 3. The average molecular weight is 525 g/mol. The van der Waals surface area contributed by atoms with Crippen LogP contribution in [0.1, 0.15) is 0 Å². The first kappa shape index (κ1) is 23.3. The van der Waals surface area contributed by atoms with Crippen LogP contribution in [0.4, 0.5) is 0 Å². The quantitative estimate of drug-likeness (QED) is 0.231. The van der Waals surface area contributed by atoms with E-state index in [0.29, 0.717) is 0 Å². The van der Waals surface area contributed by atoms with Crippen LogP contribution in [0.5, 0.6) is 0 Å². The molecule has 0 aliphatic heterocycles. The SMILES string of the molecule is c1ccc(-c2cc(-c3ccc(-c4nc5c(nc6ccccn65)c5ccccc45)cc3)cc(-c3ccccc3)n2)cc1. The maximum atomic E-state index is 5.16. The number of rotatable bonds is 4. The van der Waals surface area contributed by atoms with Crippen LogP contribution in [0.15, 0.2) is 146 Å². The smallest absolute Gasteiger partial charge is 0.165 e. The van der Waals surface area contributed by atoms with Gasteiger partial charge in [0, 0.05) is 33.7 Å². The fourth-order valence-electron chi connectivity index (χ4n) is 5.58. The van der Waals surface area contributed by atoms with E-state index in [1.807, 2.05) is 36.5 Å². The molecule has 8 rings (SSSR count). The van der Waals surface area contributed by atoms with E-state index in [1.165, 1.54) is 0 Å². The van der Waals surface area contributed by atoms with Gasteiger partial charge in [-0.1, -0.05) is 115 Å². The van der Waals surface area contributed by atoms with Gasteiger partial charge in [0.15, 0.2) is 5.65 Å². The van der Waals surface area contributed by atoms with E-state index in [-0.39, 0.29) is 0 Å². The van der Waals surface area contributed by atoms with Crippen molar-refractivity contribution in [3.8, 4) is 44.9 Å². The fraction of sp³-hybridized carbons (Fsp3) is 0. The number of fused-ring (bicyclic) bond motifs is 5. The van der Waals surface area contributed by atoms with Crippen LogP contribution < -0.4 is 0 Å². The van der Waals surface area contributed by atoms with Crippen molar-refractivity contribution in [3.05, 3.63) is 146 Å². The lowest BCUT2D eigenvalue weighted by atomic mass is 9.97. The minimum Gasteiger partial charge on any atom is -0.284 e. The Kier molecular flexibility index (Phi) is 5.42. The highest BCUT2D eigenvalue weighted by atomic mass is 15.1. The first-order valence-corrected chi connectivity index (χ1v) is 13.7. The van der Waals surface area contributed by atoms with E-state index in [0.717, 1.165) is 72.5 Å². The van der Waals surface area contributed by atoms with Gasteiger partial charge in [-0.25, -0.2) is 15.0 Å². The van der Waals surface area contributed by atoms with Gasteiger partial charge < -0.3 is 0 Å². The summed E-state index contributed by atoms with van der Waals surface area (Å²) in [5.41, 5.74) is 11.1. The minimum absolute atomic E-state index is 0.868. The normalized spacial score (nSPS) is 11.4. The highest BCUT2D eigenvalue weighted by Gasteiger charge is 2.15. The van der Waals surface area contributed by atoms with Gasteiger partial charge in [-0.2, -0.15) is 0 Å². The molecule has 0 saturated carbocycles. The highest BCUT2D eigenvalue weighted by Crippen LogP contribution is 2.35. The molecule has 0 aliphatic carbocycles. The van der Waals surface area contributed by atoms with Crippen molar-refractivity contribution in [2.24, 2.45) is 0 Å². The van der Waals surface area contributed by atoms with E-state index in [1.54, 1.807) is 0 Å². The van der Waals surface area contributed by atoms with Gasteiger partial charge in [-0.15, -0.1) is 0 Å². The lowest BCUT2D eigenvalue weighted by molar-refractivity contribution is 1.19. The van der Waals surface area contributed by atoms with Crippen molar-refractivity contribution in [2.45, 2.75) is 0 Å². The molecule has 0 aliphatic rings. The second-order valence-electron chi connectivity index (χ2n) is 10.2. The number of benzene rings is 4. The maximum Gasteiger partial charge on any atom is 0.165 e. The van der Waals surface area contributed by atoms with E-state index < -0.39 is 0 Å². The highest BCUT2D eigenvalue weighted by molar-refractivity contribution is 6.09. The summed E-state index contributed by atoms with van der Waals surface area (Å²) in [6, 6.07) is 48.2. The third-order valence-electron chi connectivity index (χ3n) is 7.62. The zero-order valence-electron chi connectivity index (χ0n) is 22.1. The second kappa shape index (κ2) is 9.54. The summed E-state index contributed by atoms with van der Waals surface area (Å²) in [6.07, 6.45) is 2.03. The van der Waals surface area contributed by atoms with Gasteiger partial charge in [0.2, 0.25) is 0 Å². The molecular weight excluding hydrogens is 500 g/mol. The standard InChI is InChI=1S/C37H24N4/c1-3-11-26(12-4-1)32-23-29(24-33(38-32)27-13-5-2-6-14-27)25-18-20-28(21-19-25)35-30-15-7-8-16-31(30)36-37(40-35)41-22-10-9-17-34(41)39-36/h1-24H. The second-order valence-corrected chi connectivity index (χ2v) is 10.2. The van der Waals surface area contributed by atoms with Crippen molar-refractivity contribution in [2.75, 3.05) is 0 Å². The lowest BCUT2D eigenvalue weighted by Crippen LogP contribution is -1.93. The fourth-order valence-corrected chi connectivity index (χ4v) is 5.58. The van der Waals surface area contributed by atoms with Crippen LogP contribution >= 0.6 is 0 Å². The molecule has 8 aromatic rings. The molecule has 0 unspecified atom stereocenters. The van der Waals surface area contributed by atoms with Crippen LogP contribution in [-0.4, -0.2) is 19.4 Å². The summed E-state index contributed by atoms with van der Waals surface area (Å²) < 4.78 is 2.06. The third-order valence-corrected chi connectivity index (χ3v) is 7.62. The molecule has 0 bridgehead atoms. The Labute approximate surface area is 237 Å². The van der Waals surface area contributed by atoms with Crippen molar-refractivity contribution in [3.63, 3.8) is 0 Å². The van der Waals surface area contributed by atoms with Gasteiger partial charge in [0.05, 0.1) is 17.1 Å². The van der Waals surface area contributed by atoms with Crippen LogP contribution in [0, 0.1) is 0 Å². The largest absolute Gasteiger partial charge is 0.284 e. The molecular formula is C37H24N4. The number of aromatic nitrogens is 4. The van der Waals surface area contributed by atoms with E-state index in [2.05, 4.69) is 114 Å². The minimum atomic E-state index is 0.868. The molecule has 4 aromatic carbocycles. The number of hydrogen-bond donors (Lipinski definition) is 0. The Morgan fingerprint density at radius 3 is 1.68 bits per heavy atom. The maximum absolute atomic E-state index is 5.16. The summed E-state index contributed by atoms with van der Waals surface area (Å²) in [7, 11) is 0. The predicted molar refractivity (Wildman–Crippen MR) is 168 cm³/mol. The summed E-state index contributed by atoms with van der Waals surface area (Å²) in [4.78, 5) is 15.1. The first-order valence-electron chi connectivity index (χ1n) is 13.7.